The second-order valence-electron chi connectivity index (χ2n) is 7.05. The zero-order valence-electron chi connectivity index (χ0n) is 14.9. The van der Waals surface area contributed by atoms with E-state index in [1.54, 1.807) is 10.9 Å². The molecular weight excluding hydrogens is 338 g/mol. The smallest absolute Gasteiger partial charge is 0.263 e. The van der Waals surface area contributed by atoms with Crippen molar-refractivity contribution in [2.75, 3.05) is 5.32 Å². The summed E-state index contributed by atoms with van der Waals surface area (Å²) >= 11 is 0. The molecule has 2 N–H and O–H groups in total. The predicted molar refractivity (Wildman–Crippen MR) is 105 cm³/mol. The van der Waals surface area contributed by atoms with Gasteiger partial charge in [-0.05, 0) is 35.6 Å². The molecular formula is C21H19N5O. The zero-order valence-corrected chi connectivity index (χ0v) is 14.9. The van der Waals surface area contributed by atoms with Crippen LogP contribution < -0.4 is 10.9 Å². The molecule has 4 aromatic rings. The van der Waals surface area contributed by atoms with Crippen LogP contribution in [0.5, 0.6) is 0 Å². The second kappa shape index (κ2) is 6.09. The molecule has 1 aliphatic rings. The summed E-state index contributed by atoms with van der Waals surface area (Å²) in [6.07, 6.45) is 2.58. The van der Waals surface area contributed by atoms with E-state index in [0.717, 1.165) is 12.1 Å². The van der Waals surface area contributed by atoms with Crippen LogP contribution in [-0.4, -0.2) is 19.7 Å². The fourth-order valence-corrected chi connectivity index (χ4v) is 3.91. The lowest BCUT2D eigenvalue weighted by Crippen LogP contribution is -2.19. The van der Waals surface area contributed by atoms with Crippen molar-refractivity contribution in [2.24, 2.45) is 5.92 Å². The standard InChI is InChI=1S/C21H19N5O/c1-13-11-14-7-5-6-10-16(14)18(13)23-21-24-19-17(20(27)25-21)12-22-26(19)15-8-3-2-4-9-15/h2-10,12-13,18H,11H2,1H3,(H2,23,24,25,27). The lowest BCUT2D eigenvalue weighted by molar-refractivity contribution is 0.539. The average molecular weight is 357 g/mol. The molecule has 27 heavy (non-hydrogen) atoms. The van der Waals surface area contributed by atoms with Gasteiger partial charge in [0.25, 0.3) is 5.56 Å². The molecule has 0 amide bonds. The van der Waals surface area contributed by atoms with E-state index in [4.69, 9.17) is 0 Å². The maximum absolute atomic E-state index is 12.6. The molecule has 2 aromatic carbocycles. The molecule has 134 valence electrons. The van der Waals surface area contributed by atoms with Crippen LogP contribution in [0.1, 0.15) is 24.1 Å². The molecule has 2 unspecified atom stereocenters. The van der Waals surface area contributed by atoms with Crippen LogP contribution in [0.2, 0.25) is 0 Å². The van der Waals surface area contributed by atoms with Gasteiger partial charge in [-0.2, -0.15) is 10.1 Å². The average Bonchev–Trinajstić information content (AvgIpc) is 3.24. The number of rotatable bonds is 3. The highest BCUT2D eigenvalue weighted by Gasteiger charge is 2.29. The van der Waals surface area contributed by atoms with Crippen molar-refractivity contribution < 1.29 is 0 Å². The lowest BCUT2D eigenvalue weighted by Gasteiger charge is -2.19. The summed E-state index contributed by atoms with van der Waals surface area (Å²) in [7, 11) is 0. The molecule has 2 atom stereocenters. The van der Waals surface area contributed by atoms with Gasteiger partial charge >= 0.3 is 0 Å². The first-order valence-electron chi connectivity index (χ1n) is 9.08. The van der Waals surface area contributed by atoms with Crippen molar-refractivity contribution in [1.82, 2.24) is 19.7 Å². The maximum atomic E-state index is 12.6. The van der Waals surface area contributed by atoms with Crippen LogP contribution in [0.15, 0.2) is 65.6 Å². The Morgan fingerprint density at radius 1 is 1.11 bits per heavy atom. The fourth-order valence-electron chi connectivity index (χ4n) is 3.91. The molecule has 6 heteroatoms. The first-order chi connectivity index (χ1) is 13.2. The number of aromatic amines is 1. The second-order valence-corrected chi connectivity index (χ2v) is 7.05. The molecule has 0 saturated heterocycles. The Kier molecular flexibility index (Phi) is 3.57. The summed E-state index contributed by atoms with van der Waals surface area (Å²) in [5, 5.41) is 8.27. The van der Waals surface area contributed by atoms with E-state index < -0.39 is 0 Å². The topological polar surface area (TPSA) is 75.6 Å². The van der Waals surface area contributed by atoms with Gasteiger partial charge in [0, 0.05) is 0 Å². The third kappa shape index (κ3) is 2.61. The van der Waals surface area contributed by atoms with Gasteiger partial charge in [0.1, 0.15) is 5.39 Å². The minimum atomic E-state index is -0.191. The normalized spacial score (nSPS) is 18.6. The van der Waals surface area contributed by atoms with E-state index in [0.29, 0.717) is 22.9 Å². The molecule has 2 aromatic heterocycles. The number of nitrogens with zero attached hydrogens (tertiary/aromatic N) is 3. The van der Waals surface area contributed by atoms with Crippen molar-refractivity contribution in [1.29, 1.82) is 0 Å². The molecule has 0 radical (unpaired) electrons. The van der Waals surface area contributed by atoms with E-state index in [9.17, 15) is 4.79 Å². The number of hydrogen-bond donors (Lipinski definition) is 2. The number of aromatic nitrogens is 4. The summed E-state index contributed by atoms with van der Waals surface area (Å²) in [4.78, 5) is 20.1. The zero-order chi connectivity index (χ0) is 18.4. The number of para-hydroxylation sites is 1. The Morgan fingerprint density at radius 3 is 2.74 bits per heavy atom. The third-order valence-corrected chi connectivity index (χ3v) is 5.23. The highest BCUT2D eigenvalue weighted by molar-refractivity contribution is 5.76. The van der Waals surface area contributed by atoms with Gasteiger partial charge in [0.2, 0.25) is 5.95 Å². The van der Waals surface area contributed by atoms with E-state index in [1.807, 2.05) is 30.3 Å². The number of benzene rings is 2. The molecule has 0 aliphatic heterocycles. The van der Waals surface area contributed by atoms with Gasteiger partial charge in [-0.1, -0.05) is 49.4 Å². The maximum Gasteiger partial charge on any atom is 0.263 e. The molecule has 5 rings (SSSR count). The third-order valence-electron chi connectivity index (χ3n) is 5.23. The van der Waals surface area contributed by atoms with Crippen LogP contribution in [0.25, 0.3) is 16.7 Å². The van der Waals surface area contributed by atoms with Crippen LogP contribution in [0.3, 0.4) is 0 Å². The van der Waals surface area contributed by atoms with Crippen molar-refractivity contribution in [3.05, 3.63) is 82.3 Å². The Balaban J connectivity index is 1.58. The Hall–Kier alpha value is -3.41. The van der Waals surface area contributed by atoms with Gasteiger partial charge < -0.3 is 5.32 Å². The van der Waals surface area contributed by atoms with Gasteiger partial charge in [0.05, 0.1) is 17.9 Å². The van der Waals surface area contributed by atoms with Gasteiger partial charge in [-0.25, -0.2) is 4.68 Å². The van der Waals surface area contributed by atoms with Crippen LogP contribution in [0, 0.1) is 5.92 Å². The highest BCUT2D eigenvalue weighted by Crippen LogP contribution is 2.37. The number of fused-ring (bicyclic) bond motifs is 2. The van der Waals surface area contributed by atoms with Crippen LogP contribution in [-0.2, 0) is 6.42 Å². The quantitative estimate of drug-likeness (QED) is 0.589. The Bertz CT molecular complexity index is 1180. The monoisotopic (exact) mass is 357 g/mol. The van der Waals surface area contributed by atoms with Crippen molar-refractivity contribution in [3.63, 3.8) is 0 Å². The molecule has 2 heterocycles. The summed E-state index contributed by atoms with van der Waals surface area (Å²) in [6.45, 7) is 2.21. The summed E-state index contributed by atoms with van der Waals surface area (Å²) in [5.41, 5.74) is 3.84. The summed E-state index contributed by atoms with van der Waals surface area (Å²) in [5.74, 6) is 0.890. The lowest BCUT2D eigenvalue weighted by atomic mass is 10.0. The minimum Gasteiger partial charge on any atom is -0.349 e. The Morgan fingerprint density at radius 2 is 1.89 bits per heavy atom. The number of H-pyrrole nitrogens is 1. The molecule has 0 saturated carbocycles. The number of nitrogens with one attached hydrogen (secondary N) is 2. The predicted octanol–water partition coefficient (Wildman–Crippen LogP) is 3.45. The first kappa shape index (κ1) is 15.8. The summed E-state index contributed by atoms with van der Waals surface area (Å²) in [6, 6.07) is 18.2. The first-order valence-corrected chi connectivity index (χ1v) is 9.08. The molecule has 6 nitrogen and oxygen atoms in total. The van der Waals surface area contributed by atoms with E-state index in [-0.39, 0.29) is 11.6 Å². The Labute approximate surface area is 155 Å². The van der Waals surface area contributed by atoms with Crippen molar-refractivity contribution in [3.8, 4) is 5.69 Å². The highest BCUT2D eigenvalue weighted by atomic mass is 16.1. The number of hydrogen-bond acceptors (Lipinski definition) is 4. The molecule has 0 fully saturated rings. The molecule has 0 spiro atoms. The van der Waals surface area contributed by atoms with E-state index >= 15 is 0 Å². The van der Waals surface area contributed by atoms with Gasteiger partial charge in [-0.15, -0.1) is 0 Å². The van der Waals surface area contributed by atoms with Crippen molar-refractivity contribution in [2.45, 2.75) is 19.4 Å². The SMILES string of the molecule is CC1Cc2ccccc2C1Nc1nc2c(cnn2-c2ccccc2)c(=O)[nH]1. The molecule has 1 aliphatic carbocycles. The van der Waals surface area contributed by atoms with Gasteiger partial charge in [-0.3, -0.25) is 9.78 Å². The largest absolute Gasteiger partial charge is 0.349 e. The minimum absolute atomic E-state index is 0.120. The van der Waals surface area contributed by atoms with Crippen LogP contribution >= 0.6 is 0 Å². The van der Waals surface area contributed by atoms with Crippen LogP contribution in [0.4, 0.5) is 5.95 Å². The van der Waals surface area contributed by atoms with E-state index in [2.05, 4.69) is 51.6 Å². The molecule has 0 bridgehead atoms. The fraction of sp³-hybridized carbons (Fsp3) is 0.190. The van der Waals surface area contributed by atoms with Gasteiger partial charge in [0.15, 0.2) is 5.65 Å². The van der Waals surface area contributed by atoms with Crippen molar-refractivity contribution >= 4 is 17.0 Å². The summed E-state index contributed by atoms with van der Waals surface area (Å²) < 4.78 is 1.70. The van der Waals surface area contributed by atoms with E-state index in [1.165, 1.54) is 11.1 Å². The number of anilines is 1.